The molecular formula is C22H18F3N7O3S2. The van der Waals surface area contributed by atoms with Crippen LogP contribution in [0.15, 0.2) is 59.6 Å². The number of allylic oxidation sites excluding steroid dienone is 4. The molecule has 3 aromatic rings. The molecule has 192 valence electrons. The van der Waals surface area contributed by atoms with Crippen molar-refractivity contribution in [3.63, 3.8) is 0 Å². The van der Waals surface area contributed by atoms with Gasteiger partial charge in [-0.05, 0) is 47.9 Å². The number of benzene rings is 1. The Labute approximate surface area is 213 Å². The first-order chi connectivity index (χ1) is 17.5. The summed E-state index contributed by atoms with van der Waals surface area (Å²) in [5.74, 6) is -0.0126. The fraction of sp³-hybridized carbons (Fsp3) is 0.273. The molecule has 5 rings (SSSR count). The standard InChI is InChI=1S/C22H18F3N7O3S2/c23-22(24,25)13-1-3-18(16(7-13)17-5-6-30-32(17)14-9-28-10-14)35-19-4-2-15(37(27,33)34)8-21(19,11-26)20-29-12-31-36-20/h1-7,12,14,28H,8-10H2,(H2,27,33,34). The zero-order valence-corrected chi connectivity index (χ0v) is 20.4. The average molecular weight is 550 g/mol. The molecule has 1 aromatic carbocycles. The van der Waals surface area contributed by atoms with E-state index in [1.165, 1.54) is 24.7 Å². The van der Waals surface area contributed by atoms with Gasteiger partial charge < -0.3 is 10.1 Å². The minimum atomic E-state index is -4.61. The van der Waals surface area contributed by atoms with E-state index < -0.39 is 27.2 Å². The Bertz CT molecular complexity index is 1550. The van der Waals surface area contributed by atoms with Crippen LogP contribution in [0.4, 0.5) is 13.2 Å². The summed E-state index contributed by atoms with van der Waals surface area (Å²) in [4.78, 5) is 3.88. The van der Waals surface area contributed by atoms with Crippen molar-refractivity contribution in [3.8, 4) is 23.1 Å². The van der Waals surface area contributed by atoms with E-state index in [1.54, 1.807) is 10.7 Å². The second-order valence-electron chi connectivity index (χ2n) is 8.43. The molecule has 0 saturated carbocycles. The zero-order chi connectivity index (χ0) is 26.4. The smallest absolute Gasteiger partial charge is 0.416 e. The van der Waals surface area contributed by atoms with Gasteiger partial charge in [0, 0.05) is 31.3 Å². The minimum absolute atomic E-state index is 0.0184. The topological polar surface area (TPSA) is 149 Å². The lowest BCUT2D eigenvalue weighted by molar-refractivity contribution is -0.137. The summed E-state index contributed by atoms with van der Waals surface area (Å²) in [6, 6.07) is 6.60. The number of nitrogens with zero attached hydrogens (tertiary/aromatic N) is 5. The van der Waals surface area contributed by atoms with Gasteiger partial charge in [0.25, 0.3) is 0 Å². The van der Waals surface area contributed by atoms with Gasteiger partial charge in [0.15, 0.2) is 5.41 Å². The second kappa shape index (κ2) is 9.06. The van der Waals surface area contributed by atoms with Crippen molar-refractivity contribution in [1.82, 2.24) is 24.5 Å². The number of rotatable bonds is 6. The number of nitrogens with two attached hydrogens (primary N) is 1. The molecule has 1 saturated heterocycles. The van der Waals surface area contributed by atoms with E-state index in [-0.39, 0.29) is 39.4 Å². The number of ether oxygens (including phenoxy) is 1. The quantitative estimate of drug-likeness (QED) is 0.477. The lowest BCUT2D eigenvalue weighted by Gasteiger charge is -2.31. The van der Waals surface area contributed by atoms with E-state index >= 15 is 0 Å². The maximum absolute atomic E-state index is 13.6. The summed E-state index contributed by atoms with van der Waals surface area (Å²) < 4.78 is 76.7. The van der Waals surface area contributed by atoms with Crippen molar-refractivity contribution >= 4 is 21.6 Å². The normalized spacial score (nSPS) is 20.5. The lowest BCUT2D eigenvalue weighted by Crippen LogP contribution is -2.44. The van der Waals surface area contributed by atoms with E-state index in [4.69, 9.17) is 9.88 Å². The molecule has 3 N–H and O–H groups in total. The lowest BCUT2D eigenvalue weighted by atomic mass is 9.81. The van der Waals surface area contributed by atoms with Crippen molar-refractivity contribution in [2.75, 3.05) is 13.1 Å². The van der Waals surface area contributed by atoms with Crippen molar-refractivity contribution in [3.05, 3.63) is 70.2 Å². The van der Waals surface area contributed by atoms with E-state index in [2.05, 4.69) is 25.8 Å². The average Bonchev–Trinajstić information content (AvgIpc) is 3.50. The number of sulfonamides is 1. The Hall–Kier alpha value is -3.58. The third-order valence-corrected chi connectivity index (χ3v) is 7.98. The van der Waals surface area contributed by atoms with Gasteiger partial charge in [-0.1, -0.05) is 0 Å². The summed E-state index contributed by atoms with van der Waals surface area (Å²) in [5, 5.41) is 23.1. The van der Waals surface area contributed by atoms with Gasteiger partial charge in [0.2, 0.25) is 10.0 Å². The second-order valence-corrected chi connectivity index (χ2v) is 10.8. The summed E-state index contributed by atoms with van der Waals surface area (Å²) >= 11 is 0.867. The molecule has 1 fully saturated rings. The van der Waals surface area contributed by atoms with Crippen LogP contribution in [-0.4, -0.2) is 40.6 Å². The van der Waals surface area contributed by atoms with E-state index in [0.29, 0.717) is 18.8 Å². The van der Waals surface area contributed by atoms with Crippen molar-refractivity contribution < 1.29 is 26.3 Å². The highest BCUT2D eigenvalue weighted by atomic mass is 32.2. The molecular weight excluding hydrogens is 531 g/mol. The molecule has 3 heterocycles. The molecule has 0 spiro atoms. The molecule has 15 heteroatoms. The van der Waals surface area contributed by atoms with Crippen LogP contribution in [0, 0.1) is 11.3 Å². The number of primary sulfonamides is 1. The molecule has 0 radical (unpaired) electrons. The fourth-order valence-corrected chi connectivity index (χ4v) is 5.44. The van der Waals surface area contributed by atoms with Crippen LogP contribution >= 0.6 is 11.5 Å². The number of nitriles is 1. The SMILES string of the molecule is N#CC1(c2ncns2)CC(S(N)(=O)=O)=CC=C1Oc1ccc(C(F)(F)F)cc1-c1ccnn1C1CNC1. The Morgan fingerprint density at radius 3 is 2.65 bits per heavy atom. The Kier molecular flexibility index (Phi) is 6.15. The van der Waals surface area contributed by atoms with Gasteiger partial charge in [0.1, 0.15) is 22.8 Å². The van der Waals surface area contributed by atoms with E-state index in [9.17, 15) is 26.9 Å². The predicted octanol–water partition coefficient (Wildman–Crippen LogP) is 2.87. The van der Waals surface area contributed by atoms with Crippen molar-refractivity contribution in [2.45, 2.75) is 24.1 Å². The maximum atomic E-state index is 13.6. The predicted molar refractivity (Wildman–Crippen MR) is 126 cm³/mol. The zero-order valence-electron chi connectivity index (χ0n) is 18.8. The first-order valence-electron chi connectivity index (χ1n) is 10.8. The number of hydrogen-bond donors (Lipinski definition) is 2. The molecule has 0 bridgehead atoms. The molecule has 37 heavy (non-hydrogen) atoms. The Morgan fingerprint density at radius 1 is 1.27 bits per heavy atom. The van der Waals surface area contributed by atoms with Gasteiger partial charge in [-0.15, -0.1) is 0 Å². The molecule has 2 aliphatic rings. The summed E-state index contributed by atoms with van der Waals surface area (Å²) in [6.07, 6.45) is 0.166. The van der Waals surface area contributed by atoms with Crippen molar-refractivity contribution in [2.24, 2.45) is 5.14 Å². The van der Waals surface area contributed by atoms with Gasteiger partial charge in [-0.25, -0.2) is 18.5 Å². The highest BCUT2D eigenvalue weighted by molar-refractivity contribution is 7.93. The van der Waals surface area contributed by atoms with Gasteiger partial charge >= 0.3 is 6.18 Å². The molecule has 1 atom stereocenters. The highest BCUT2D eigenvalue weighted by Crippen LogP contribution is 2.45. The first kappa shape index (κ1) is 25.1. The van der Waals surface area contributed by atoms with Crippen molar-refractivity contribution in [1.29, 1.82) is 5.26 Å². The molecule has 0 amide bonds. The highest BCUT2D eigenvalue weighted by Gasteiger charge is 2.46. The molecule has 10 nitrogen and oxygen atoms in total. The van der Waals surface area contributed by atoms with Crippen LogP contribution in [0.25, 0.3) is 11.3 Å². The van der Waals surface area contributed by atoms with Gasteiger partial charge in [-0.3, -0.25) is 4.68 Å². The van der Waals surface area contributed by atoms with Gasteiger partial charge in [-0.2, -0.15) is 27.9 Å². The maximum Gasteiger partial charge on any atom is 0.416 e. The first-order valence-corrected chi connectivity index (χ1v) is 13.1. The number of hydrogen-bond acceptors (Lipinski definition) is 9. The summed E-state index contributed by atoms with van der Waals surface area (Å²) in [6.45, 7) is 1.20. The number of aromatic nitrogens is 4. The van der Waals surface area contributed by atoms with E-state index in [0.717, 1.165) is 29.7 Å². The summed E-state index contributed by atoms with van der Waals surface area (Å²) in [5.41, 5.74) is -2.12. The number of alkyl halides is 3. The van der Waals surface area contributed by atoms with E-state index in [1.807, 2.05) is 0 Å². The Balaban J connectivity index is 1.66. The van der Waals surface area contributed by atoms with Crippen LogP contribution in [0.1, 0.15) is 23.0 Å². The molecule has 1 unspecified atom stereocenters. The van der Waals surface area contributed by atoms with Crippen LogP contribution in [-0.2, 0) is 21.6 Å². The summed E-state index contributed by atoms with van der Waals surface area (Å²) in [7, 11) is -4.15. The van der Waals surface area contributed by atoms with Crippen LogP contribution in [0.2, 0.25) is 0 Å². The van der Waals surface area contributed by atoms with Crippen LogP contribution < -0.4 is 15.2 Å². The monoisotopic (exact) mass is 549 g/mol. The van der Waals surface area contributed by atoms with Crippen LogP contribution in [0.5, 0.6) is 5.75 Å². The molecule has 2 aromatic heterocycles. The molecule has 1 aliphatic heterocycles. The number of nitrogens with one attached hydrogen (secondary N) is 1. The molecule has 1 aliphatic carbocycles. The third kappa shape index (κ3) is 4.53. The minimum Gasteiger partial charge on any atom is -0.459 e. The largest absolute Gasteiger partial charge is 0.459 e. The third-order valence-electron chi connectivity index (χ3n) is 6.14. The fourth-order valence-electron chi connectivity index (χ4n) is 4.10. The Morgan fingerprint density at radius 2 is 2.05 bits per heavy atom. The van der Waals surface area contributed by atoms with Gasteiger partial charge in [0.05, 0.1) is 28.3 Å². The van der Waals surface area contributed by atoms with Crippen LogP contribution in [0.3, 0.4) is 0 Å². The number of halogens is 3.